The number of ether oxygens (including phenoxy) is 4. The fraction of sp³-hybridized carbons (Fsp3) is 0.552. The first-order valence-corrected chi connectivity index (χ1v) is 13.8. The summed E-state index contributed by atoms with van der Waals surface area (Å²) in [5.74, 6) is -5.97. The smallest absolute Gasteiger partial charge is 0.348 e. The number of hydrogen-bond acceptors (Lipinski definition) is 12. The first kappa shape index (κ1) is 31.8. The van der Waals surface area contributed by atoms with E-state index in [1.54, 1.807) is 12.1 Å². The maximum absolute atomic E-state index is 12.8. The topological polar surface area (TPSA) is 206 Å². The zero-order valence-electron chi connectivity index (χ0n) is 24.2. The molecule has 1 aliphatic carbocycles. The monoisotopic (exact) mass is 605 g/mol. The Morgan fingerprint density at radius 2 is 1.79 bits per heavy atom. The summed E-state index contributed by atoms with van der Waals surface area (Å²) >= 11 is 0. The third-order valence-corrected chi connectivity index (χ3v) is 8.63. The fourth-order valence-electron chi connectivity index (χ4n) is 6.27. The van der Waals surface area contributed by atoms with Crippen molar-refractivity contribution < 1.29 is 63.3 Å². The number of rotatable bonds is 10. The third kappa shape index (κ3) is 5.64. The van der Waals surface area contributed by atoms with Gasteiger partial charge in [0.05, 0.1) is 30.3 Å². The number of carboxylic acids is 2. The summed E-state index contributed by atoms with van der Waals surface area (Å²) in [6.45, 7) is 5.49. The lowest BCUT2D eigenvalue weighted by Crippen LogP contribution is -2.71. The molecule has 234 valence electrons. The number of aryl methyl sites for hydroxylation is 1. The van der Waals surface area contributed by atoms with Gasteiger partial charge in [-0.15, -0.1) is 0 Å². The number of benzene rings is 1. The molecule has 0 unspecified atom stereocenters. The molecule has 14 nitrogen and oxygen atoms in total. The lowest BCUT2D eigenvalue weighted by atomic mass is 9.54. The molecule has 4 N–H and O–H groups in total. The number of likely N-dealkylation sites (tertiary alicyclic amines) is 1. The summed E-state index contributed by atoms with van der Waals surface area (Å²) in [5, 5.41) is 40.6. The number of carbonyl (C=O) groups is 5. The summed E-state index contributed by atoms with van der Waals surface area (Å²) in [5.41, 5.74) is -0.862. The molecule has 1 saturated heterocycles. The van der Waals surface area contributed by atoms with Crippen LogP contribution in [0.1, 0.15) is 57.1 Å². The molecule has 1 fully saturated rings. The molecule has 2 heterocycles. The van der Waals surface area contributed by atoms with E-state index in [1.807, 2.05) is 25.8 Å². The van der Waals surface area contributed by atoms with Gasteiger partial charge in [-0.3, -0.25) is 14.4 Å². The van der Waals surface area contributed by atoms with Gasteiger partial charge in [0, 0.05) is 18.0 Å². The molecule has 6 atom stereocenters. The molecule has 3 aliphatic rings. The van der Waals surface area contributed by atoms with Crippen LogP contribution in [0.3, 0.4) is 0 Å². The van der Waals surface area contributed by atoms with Crippen LogP contribution in [0.5, 0.6) is 11.5 Å². The van der Waals surface area contributed by atoms with Gasteiger partial charge < -0.3 is 44.3 Å². The molecule has 1 aromatic carbocycles. The van der Waals surface area contributed by atoms with E-state index in [0.717, 1.165) is 12.5 Å². The van der Waals surface area contributed by atoms with Crippen LogP contribution in [0.25, 0.3) is 0 Å². The highest BCUT2D eigenvalue weighted by Gasteiger charge is 2.69. The number of aromatic hydroxyl groups is 1. The molecule has 1 spiro atoms. The van der Waals surface area contributed by atoms with Crippen LogP contribution >= 0.6 is 0 Å². The van der Waals surface area contributed by atoms with Crippen LogP contribution in [-0.4, -0.2) is 98.7 Å². The van der Waals surface area contributed by atoms with Crippen LogP contribution in [0.2, 0.25) is 0 Å². The zero-order valence-corrected chi connectivity index (χ0v) is 24.2. The second-order valence-corrected chi connectivity index (χ2v) is 11.2. The van der Waals surface area contributed by atoms with Crippen molar-refractivity contribution >= 4 is 29.8 Å². The molecule has 14 heteroatoms. The molecule has 0 bridgehead atoms. The molecular weight excluding hydrogens is 570 g/mol. The third-order valence-electron chi connectivity index (χ3n) is 8.63. The molecule has 0 aromatic heterocycles. The van der Waals surface area contributed by atoms with Gasteiger partial charge >= 0.3 is 29.8 Å². The molecule has 0 saturated carbocycles. The average Bonchev–Trinajstić information content (AvgIpc) is 3.30. The SMILES string of the molecule is Cc1ccc(O)c2c1[C@]13CCN(C)[C@H](C)[C@]1(O)CC=C(OC(=O)CCC(=O)O[C@@H](C)C(=O)O[C@@H](CC(=O)O)C(=O)O)[C@@H]3O2. The lowest BCUT2D eigenvalue weighted by Gasteiger charge is -2.58. The Kier molecular flexibility index (Phi) is 8.75. The first-order valence-electron chi connectivity index (χ1n) is 13.8. The largest absolute Gasteiger partial charge is 0.504 e. The van der Waals surface area contributed by atoms with Crippen LogP contribution in [0, 0.1) is 6.92 Å². The van der Waals surface area contributed by atoms with Crippen molar-refractivity contribution in [1.29, 1.82) is 0 Å². The highest BCUT2D eigenvalue weighted by Crippen LogP contribution is 2.62. The summed E-state index contributed by atoms with van der Waals surface area (Å²) in [6, 6.07) is 2.95. The van der Waals surface area contributed by atoms with Gasteiger partial charge in [0.15, 0.2) is 23.7 Å². The van der Waals surface area contributed by atoms with E-state index in [-0.39, 0.29) is 29.7 Å². The van der Waals surface area contributed by atoms with E-state index in [0.29, 0.717) is 18.5 Å². The minimum absolute atomic E-state index is 0.1000. The van der Waals surface area contributed by atoms with Gasteiger partial charge in [0.25, 0.3) is 0 Å². The molecule has 2 aliphatic heterocycles. The van der Waals surface area contributed by atoms with Crippen molar-refractivity contribution in [1.82, 2.24) is 4.90 Å². The number of fused-ring (bicyclic) bond motifs is 1. The first-order chi connectivity index (χ1) is 20.1. The number of phenolic OH excluding ortho intramolecular Hbond substituents is 1. The predicted octanol–water partition coefficient (Wildman–Crippen LogP) is 1.17. The highest BCUT2D eigenvalue weighted by atomic mass is 16.6. The molecule has 43 heavy (non-hydrogen) atoms. The second-order valence-electron chi connectivity index (χ2n) is 11.2. The minimum atomic E-state index is -1.96. The standard InChI is InChI=1S/C29H35NO13/c1-14-5-6-17(31)24-23(14)28-11-12-30(4)16(3)29(28,39)10-9-18(25(28)43-24)41-22(35)8-7-21(34)40-15(2)27(38)42-19(26(36)37)13-20(32)33/h5-6,9,15-16,19,25,31,39H,7-8,10-13H2,1-4H3,(H,32,33)(H,36,37)/t15-,16+,19-,25-,28-,29+/m0/s1. The number of likely N-dealkylation sites (N-methyl/N-ethyl adjacent to an activating group) is 1. The van der Waals surface area contributed by atoms with Crippen molar-refractivity contribution in [2.75, 3.05) is 13.6 Å². The molecule has 4 rings (SSSR count). The van der Waals surface area contributed by atoms with Crippen molar-refractivity contribution in [3.63, 3.8) is 0 Å². The predicted molar refractivity (Wildman–Crippen MR) is 144 cm³/mol. The zero-order chi connectivity index (χ0) is 31.9. The second kappa shape index (κ2) is 11.8. The molecule has 0 amide bonds. The summed E-state index contributed by atoms with van der Waals surface area (Å²) in [4.78, 5) is 61.2. The van der Waals surface area contributed by atoms with Gasteiger partial charge in [-0.1, -0.05) is 6.07 Å². The van der Waals surface area contributed by atoms with E-state index >= 15 is 0 Å². The Morgan fingerprint density at radius 3 is 2.44 bits per heavy atom. The van der Waals surface area contributed by atoms with Crippen molar-refractivity contribution in [2.24, 2.45) is 0 Å². The Morgan fingerprint density at radius 1 is 1.12 bits per heavy atom. The van der Waals surface area contributed by atoms with E-state index in [4.69, 9.17) is 24.4 Å². The number of carboxylic acid groups (broad SMARTS) is 2. The lowest BCUT2D eigenvalue weighted by molar-refractivity contribution is -0.178. The molecule has 1 aromatic rings. The number of nitrogens with zero attached hydrogens (tertiary/aromatic N) is 1. The average molecular weight is 606 g/mol. The minimum Gasteiger partial charge on any atom is -0.504 e. The van der Waals surface area contributed by atoms with Gasteiger partial charge in [-0.2, -0.15) is 0 Å². The quantitative estimate of drug-likeness (QED) is 0.218. The van der Waals surface area contributed by atoms with Gasteiger partial charge in [0.2, 0.25) is 6.10 Å². The van der Waals surface area contributed by atoms with Crippen LogP contribution < -0.4 is 4.74 Å². The number of piperidine rings is 1. The van der Waals surface area contributed by atoms with Crippen molar-refractivity contribution in [2.45, 2.75) is 88.2 Å². The van der Waals surface area contributed by atoms with E-state index < -0.39 is 78.4 Å². The normalized spacial score (nSPS) is 27.2. The number of phenols is 1. The Balaban J connectivity index is 1.43. The van der Waals surface area contributed by atoms with E-state index in [1.165, 1.54) is 6.07 Å². The summed E-state index contributed by atoms with van der Waals surface area (Å²) in [6.07, 6.45) is -4.21. The fourth-order valence-corrected chi connectivity index (χ4v) is 6.27. The number of aliphatic hydroxyl groups is 1. The van der Waals surface area contributed by atoms with Crippen LogP contribution in [0.4, 0.5) is 0 Å². The van der Waals surface area contributed by atoms with E-state index in [9.17, 15) is 34.2 Å². The Labute approximate surface area is 246 Å². The number of esters is 3. The number of hydrogen-bond donors (Lipinski definition) is 4. The Bertz CT molecular complexity index is 1370. The summed E-state index contributed by atoms with van der Waals surface area (Å²) < 4.78 is 21.4. The maximum Gasteiger partial charge on any atom is 0.348 e. The maximum atomic E-state index is 12.8. The molecule has 0 radical (unpaired) electrons. The van der Waals surface area contributed by atoms with Crippen molar-refractivity contribution in [3.8, 4) is 11.5 Å². The molecular formula is C29H35NO13. The van der Waals surface area contributed by atoms with Gasteiger partial charge in [-0.05, 0) is 58.5 Å². The van der Waals surface area contributed by atoms with Crippen LogP contribution in [0.15, 0.2) is 24.0 Å². The van der Waals surface area contributed by atoms with E-state index in [2.05, 4.69) is 4.74 Å². The summed E-state index contributed by atoms with van der Waals surface area (Å²) in [7, 11) is 1.91. The van der Waals surface area contributed by atoms with Crippen molar-refractivity contribution in [3.05, 3.63) is 35.1 Å². The number of aliphatic carboxylic acids is 2. The van der Waals surface area contributed by atoms with Gasteiger partial charge in [-0.25, -0.2) is 9.59 Å². The number of carbonyl (C=O) groups excluding carboxylic acids is 3. The van der Waals surface area contributed by atoms with Gasteiger partial charge in [0.1, 0.15) is 5.76 Å². The Hall–Kier alpha value is -4.17. The van der Waals surface area contributed by atoms with Crippen LogP contribution in [-0.2, 0) is 43.6 Å². The highest BCUT2D eigenvalue weighted by molar-refractivity contribution is 5.85.